The Balaban J connectivity index is 1.07. The molecule has 18 nitrogen and oxygen atoms in total. The van der Waals surface area contributed by atoms with Gasteiger partial charge in [0.25, 0.3) is 11.7 Å². The number of hydrogen-bond acceptors (Lipinski definition) is 16. The lowest BCUT2D eigenvalue weighted by atomic mass is 9.81. The zero-order chi connectivity index (χ0) is 52.5. The number of piperidine rings is 2. The Bertz CT molecular complexity index is 2640. The van der Waals surface area contributed by atoms with Gasteiger partial charge in [0.1, 0.15) is 35.4 Å². The van der Waals surface area contributed by atoms with E-state index >= 15 is 0 Å². The SMILES string of the molecule is C/C1=C/C=C/[C@H](C)[C@H](O)[C@@H](C)C(O)[C@@H](C)C(OC(=O)CC(=O)N2CCC(Nc3cccnc3)CC2)CC/C=C/O[C@@]2(C)Oc3c(C)c(O)c4c(c3C2=O)C2=NC3(CCN(CC(C)C)CC3)NC2=C(NC1=O)C4=O. The Morgan fingerprint density at radius 1 is 0.973 bits per heavy atom. The van der Waals surface area contributed by atoms with Crippen molar-refractivity contribution in [3.63, 3.8) is 0 Å². The van der Waals surface area contributed by atoms with Crippen LogP contribution in [0.25, 0.3) is 0 Å². The predicted octanol–water partition coefficient (Wildman–Crippen LogP) is 5.61. The van der Waals surface area contributed by atoms with Crippen LogP contribution in [0.3, 0.4) is 0 Å². The first-order valence-electron chi connectivity index (χ1n) is 25.7. The lowest BCUT2D eigenvalue weighted by Crippen LogP contribution is -2.50. The number of aromatic hydroxyl groups is 1. The molecule has 6 N–H and O–H groups in total. The number of carbonyl (C=O) groups is 5. The van der Waals surface area contributed by atoms with E-state index in [1.807, 2.05) is 12.1 Å². The quantitative estimate of drug-likeness (QED) is 0.146. The molecule has 1 aliphatic carbocycles. The highest BCUT2D eigenvalue weighted by Gasteiger charge is 2.54. The summed E-state index contributed by atoms with van der Waals surface area (Å²) < 4.78 is 18.4. The second-order valence-electron chi connectivity index (χ2n) is 21.3. The van der Waals surface area contributed by atoms with Crippen molar-refractivity contribution in [3.8, 4) is 11.5 Å². The molecule has 2 saturated heterocycles. The van der Waals surface area contributed by atoms with Crippen LogP contribution >= 0.6 is 0 Å². The summed E-state index contributed by atoms with van der Waals surface area (Å²) in [5, 5.41) is 44.9. The highest BCUT2D eigenvalue weighted by Crippen LogP contribution is 2.50. The van der Waals surface area contributed by atoms with E-state index in [1.165, 1.54) is 20.1 Å². The number of nitrogens with one attached hydrogen (secondary N) is 3. The van der Waals surface area contributed by atoms with Crippen molar-refractivity contribution in [2.24, 2.45) is 28.7 Å². The third-order valence-corrected chi connectivity index (χ3v) is 15.3. The number of aliphatic hydroxyl groups is 2. The monoisotopic (exact) mass is 1010 g/mol. The van der Waals surface area contributed by atoms with Gasteiger partial charge < -0.3 is 55.3 Å². The molecule has 9 rings (SSSR count). The molecule has 0 radical (unpaired) electrons. The van der Waals surface area contributed by atoms with E-state index in [0.29, 0.717) is 57.8 Å². The molecule has 2 amide bonds. The standard InChI is InChI=1S/C55H71N7O11/c1-30(2)29-61-24-19-55(20-25-61)59-44-41-42-49(67)35(7)51-43(41)52(69)54(8,73-51)71-26-10-9-16-38(72-40(64)27-39(63)62-22-17-36(18-23-62)57-37-15-12-21-56-28-37)33(5)48(66)34(6)47(65)31(3)13-11-14-32(4)53(70)58-46(50(42)68)45(44)60-55/h10-15,21,26,28,30-31,33-34,36,38,47-48,57,60,65-67H,9,16-20,22-25,27,29H2,1-8H3,(H,58,70)/b13-11+,26-10+,32-14-/t31-,33-,34+,38?,47-,48?,54-/m0/s1. The van der Waals surface area contributed by atoms with Crippen LogP contribution in [0.5, 0.6) is 11.5 Å². The Kier molecular flexibility index (Phi) is 15.7. The number of Topliss-reactive ketones (excluding diaryl/α,β-unsaturated/α-hetero) is 2. The highest BCUT2D eigenvalue weighted by atomic mass is 16.7. The van der Waals surface area contributed by atoms with Gasteiger partial charge in [-0.05, 0) is 63.7 Å². The number of likely N-dealkylation sites (tertiary alicyclic amines) is 2. The molecule has 0 saturated carbocycles. The predicted molar refractivity (Wildman–Crippen MR) is 272 cm³/mol. The van der Waals surface area contributed by atoms with E-state index in [1.54, 1.807) is 69.3 Å². The first kappa shape index (κ1) is 52.9. The van der Waals surface area contributed by atoms with Crippen LogP contribution in [0.15, 0.2) is 77.1 Å². The molecule has 1 spiro atoms. The number of carbonyl (C=O) groups excluding carboxylic acids is 5. The molecule has 7 heterocycles. The number of fused-ring (bicyclic) bond motifs is 13. The number of benzene rings is 1. The normalized spacial score (nSPS) is 29.6. The van der Waals surface area contributed by atoms with Crippen molar-refractivity contribution in [2.45, 2.75) is 136 Å². The van der Waals surface area contributed by atoms with E-state index < -0.39 is 83.1 Å². The number of ketones is 2. The molecular formula is C55H71N7O11. The number of aliphatic imine (C=N–C) groups is 1. The average molecular weight is 1010 g/mol. The summed E-state index contributed by atoms with van der Waals surface area (Å²) in [6.07, 6.45) is 10.5. The van der Waals surface area contributed by atoms with Crippen molar-refractivity contribution >= 4 is 40.7 Å². The van der Waals surface area contributed by atoms with Gasteiger partial charge in [-0.25, -0.2) is 0 Å². The number of esters is 1. The number of aromatic nitrogens is 1. The van der Waals surface area contributed by atoms with Gasteiger partial charge in [0, 0.05) is 105 Å². The number of aliphatic hydroxyl groups excluding tert-OH is 2. The fraction of sp³-hybridized carbons (Fsp3) is 0.545. The number of nitrogens with zero attached hydrogens (tertiary/aromatic N) is 4. The van der Waals surface area contributed by atoms with E-state index in [2.05, 4.69) is 39.7 Å². The van der Waals surface area contributed by atoms with Crippen LogP contribution in [-0.4, -0.2) is 134 Å². The van der Waals surface area contributed by atoms with Crippen LogP contribution in [0, 0.1) is 30.6 Å². The lowest BCUT2D eigenvalue weighted by molar-refractivity contribution is -0.159. The summed E-state index contributed by atoms with van der Waals surface area (Å²) in [4.78, 5) is 84.0. The topological polar surface area (TPSA) is 242 Å². The summed E-state index contributed by atoms with van der Waals surface area (Å²) in [6.45, 7) is 17.3. The fourth-order valence-corrected chi connectivity index (χ4v) is 10.9. The Morgan fingerprint density at radius 2 is 1.70 bits per heavy atom. The first-order chi connectivity index (χ1) is 34.7. The van der Waals surface area contributed by atoms with Crippen LogP contribution in [0.2, 0.25) is 0 Å². The largest absolute Gasteiger partial charge is 0.507 e. The minimum atomic E-state index is -1.95. The maximum atomic E-state index is 14.8. The van der Waals surface area contributed by atoms with Gasteiger partial charge >= 0.3 is 11.8 Å². The highest BCUT2D eigenvalue weighted by molar-refractivity contribution is 6.34. The molecule has 2 fully saturated rings. The molecule has 5 bridgehead atoms. The molecule has 7 aliphatic rings. The number of allylic oxidation sites excluding steroid dienone is 5. The van der Waals surface area contributed by atoms with Gasteiger partial charge in [-0.1, -0.05) is 52.8 Å². The van der Waals surface area contributed by atoms with E-state index in [0.717, 1.165) is 12.2 Å². The third-order valence-electron chi connectivity index (χ3n) is 15.3. The fourth-order valence-electron chi connectivity index (χ4n) is 10.9. The number of phenols is 1. The van der Waals surface area contributed by atoms with Crippen molar-refractivity contribution in [2.75, 3.05) is 38.0 Å². The number of phenolic OH excluding ortho intramolecular Hbond substituents is 1. The van der Waals surface area contributed by atoms with E-state index in [-0.39, 0.29) is 75.5 Å². The average Bonchev–Trinajstić information content (AvgIpc) is 3.86. The zero-order valence-electron chi connectivity index (χ0n) is 43.2. The van der Waals surface area contributed by atoms with Crippen LogP contribution in [0.1, 0.15) is 125 Å². The molecule has 2 unspecified atom stereocenters. The van der Waals surface area contributed by atoms with Gasteiger partial charge in [-0.3, -0.25) is 33.9 Å². The molecule has 6 aliphatic heterocycles. The molecular weight excluding hydrogens is 935 g/mol. The van der Waals surface area contributed by atoms with Crippen LogP contribution in [0.4, 0.5) is 5.69 Å². The van der Waals surface area contributed by atoms with Crippen molar-refractivity contribution < 1.29 is 53.5 Å². The minimum absolute atomic E-state index is 0.0171. The third kappa shape index (κ3) is 11.0. The lowest BCUT2D eigenvalue weighted by Gasteiger charge is -2.38. The molecule has 18 heteroatoms. The first-order valence-corrected chi connectivity index (χ1v) is 25.7. The van der Waals surface area contributed by atoms with E-state index in [4.69, 9.17) is 19.2 Å². The van der Waals surface area contributed by atoms with E-state index in [9.17, 15) is 39.3 Å². The minimum Gasteiger partial charge on any atom is -0.507 e. The van der Waals surface area contributed by atoms with Gasteiger partial charge in [-0.2, -0.15) is 0 Å². The summed E-state index contributed by atoms with van der Waals surface area (Å²) >= 11 is 0. The summed E-state index contributed by atoms with van der Waals surface area (Å²) in [5.74, 6) is -6.90. The smallest absolute Gasteiger partial charge is 0.315 e. The van der Waals surface area contributed by atoms with Gasteiger partial charge in [0.15, 0.2) is 0 Å². The molecule has 7 atom stereocenters. The number of ether oxygens (including phenoxy) is 3. The van der Waals surface area contributed by atoms with Crippen LogP contribution in [-0.2, 0) is 23.9 Å². The summed E-state index contributed by atoms with van der Waals surface area (Å²) in [5.41, 5.74) is 0.658. The Labute approximate surface area is 427 Å². The van der Waals surface area contributed by atoms with Gasteiger partial charge in [-0.15, -0.1) is 0 Å². The van der Waals surface area contributed by atoms with Crippen molar-refractivity contribution in [1.82, 2.24) is 25.4 Å². The molecule has 1 aromatic heterocycles. The van der Waals surface area contributed by atoms with Gasteiger partial charge in [0.05, 0.1) is 46.7 Å². The summed E-state index contributed by atoms with van der Waals surface area (Å²) in [6, 6.07) is 3.93. The molecule has 73 heavy (non-hydrogen) atoms. The van der Waals surface area contributed by atoms with Crippen molar-refractivity contribution in [3.05, 3.63) is 94.3 Å². The Hall–Kier alpha value is -6.37. The molecule has 1 aromatic carbocycles. The second-order valence-corrected chi connectivity index (χ2v) is 21.3. The van der Waals surface area contributed by atoms with Gasteiger partial charge in [0.2, 0.25) is 11.7 Å². The number of amides is 2. The molecule has 392 valence electrons. The molecule has 2 aromatic rings. The maximum absolute atomic E-state index is 14.8. The second kappa shape index (κ2) is 21.6. The number of pyridine rings is 1. The number of anilines is 1. The maximum Gasteiger partial charge on any atom is 0.315 e. The number of hydrogen-bond donors (Lipinski definition) is 6. The zero-order valence-corrected chi connectivity index (χ0v) is 43.2. The number of rotatable bonds is 7. The summed E-state index contributed by atoms with van der Waals surface area (Å²) in [7, 11) is 0. The van der Waals surface area contributed by atoms with Crippen molar-refractivity contribution in [1.29, 1.82) is 0 Å². The Morgan fingerprint density at radius 3 is 2.38 bits per heavy atom. The van der Waals surface area contributed by atoms with Crippen LogP contribution < -0.4 is 20.7 Å².